The summed E-state index contributed by atoms with van der Waals surface area (Å²) in [5, 5.41) is 14.7. The molecule has 0 aliphatic rings. The summed E-state index contributed by atoms with van der Waals surface area (Å²) in [6.07, 6.45) is 4.84. The summed E-state index contributed by atoms with van der Waals surface area (Å²) < 4.78 is 1.75. The second-order valence-electron chi connectivity index (χ2n) is 2.69. The number of rotatable bonds is 4. The van der Waals surface area contributed by atoms with Gasteiger partial charge in [0.2, 0.25) is 0 Å². The molecule has 14 heavy (non-hydrogen) atoms. The molecular weight excluding hydrogens is 180 g/mol. The van der Waals surface area contributed by atoms with E-state index in [1.54, 1.807) is 17.2 Å². The van der Waals surface area contributed by atoms with Crippen LogP contribution < -0.4 is 5.32 Å². The Kier molecular flexibility index (Phi) is 2.65. The zero-order valence-electron chi connectivity index (χ0n) is 7.54. The van der Waals surface area contributed by atoms with E-state index in [9.17, 15) is 0 Å². The van der Waals surface area contributed by atoms with Gasteiger partial charge in [-0.1, -0.05) is 0 Å². The molecule has 6 nitrogen and oxygen atoms in total. The summed E-state index contributed by atoms with van der Waals surface area (Å²) in [6.45, 7) is 1.51. The van der Waals surface area contributed by atoms with Gasteiger partial charge in [0.1, 0.15) is 18.5 Å². The fraction of sp³-hybridized carbons (Fsp3) is 0.250. The molecule has 0 fully saturated rings. The van der Waals surface area contributed by atoms with E-state index in [4.69, 9.17) is 0 Å². The van der Waals surface area contributed by atoms with Crippen LogP contribution in [0.2, 0.25) is 0 Å². The number of anilines is 1. The van der Waals surface area contributed by atoms with E-state index < -0.39 is 0 Å². The van der Waals surface area contributed by atoms with Crippen molar-refractivity contribution in [2.45, 2.75) is 6.54 Å². The van der Waals surface area contributed by atoms with Crippen molar-refractivity contribution < 1.29 is 0 Å². The maximum absolute atomic E-state index is 3.98. The van der Waals surface area contributed by atoms with Gasteiger partial charge < -0.3 is 5.32 Å². The molecule has 0 spiro atoms. The van der Waals surface area contributed by atoms with Gasteiger partial charge in [0.15, 0.2) is 0 Å². The minimum Gasteiger partial charge on any atom is -0.367 e. The monoisotopic (exact) mass is 190 g/mol. The third kappa shape index (κ3) is 2.25. The van der Waals surface area contributed by atoms with Gasteiger partial charge in [-0.3, -0.25) is 4.68 Å². The molecular formula is C8H10N6. The van der Waals surface area contributed by atoms with Crippen LogP contribution >= 0.6 is 0 Å². The van der Waals surface area contributed by atoms with Crippen LogP contribution in [0, 0.1) is 0 Å². The predicted octanol–water partition coefficient (Wildman–Crippen LogP) is 0.180. The molecule has 0 bridgehead atoms. The number of aromatic nitrogens is 5. The van der Waals surface area contributed by atoms with E-state index in [2.05, 4.69) is 25.6 Å². The second-order valence-corrected chi connectivity index (χ2v) is 2.69. The summed E-state index contributed by atoms with van der Waals surface area (Å²) >= 11 is 0. The van der Waals surface area contributed by atoms with Gasteiger partial charge in [0, 0.05) is 12.7 Å². The second kappa shape index (κ2) is 4.31. The molecule has 0 amide bonds. The van der Waals surface area contributed by atoms with Gasteiger partial charge in [0.25, 0.3) is 0 Å². The van der Waals surface area contributed by atoms with E-state index in [1.165, 1.54) is 6.33 Å². The Morgan fingerprint density at radius 1 is 1.43 bits per heavy atom. The molecule has 2 aromatic rings. The lowest BCUT2D eigenvalue weighted by molar-refractivity contribution is 0.635. The van der Waals surface area contributed by atoms with E-state index in [0.29, 0.717) is 0 Å². The molecule has 0 aliphatic heterocycles. The minimum atomic E-state index is 0.752. The first-order valence-electron chi connectivity index (χ1n) is 4.29. The number of hydrogen-bond acceptors (Lipinski definition) is 5. The largest absolute Gasteiger partial charge is 0.367 e. The standard InChI is InChI=1S/C8H10N6/c1-2-8(13-11-3-1)10-4-5-14-7-9-6-12-14/h1-3,6-7H,4-5H2,(H,10,13). The van der Waals surface area contributed by atoms with Gasteiger partial charge in [-0.05, 0) is 12.1 Å². The quantitative estimate of drug-likeness (QED) is 0.744. The Hall–Kier alpha value is -1.98. The van der Waals surface area contributed by atoms with Gasteiger partial charge in [-0.2, -0.15) is 10.2 Å². The summed E-state index contributed by atoms with van der Waals surface area (Å²) in [7, 11) is 0. The van der Waals surface area contributed by atoms with Crippen molar-refractivity contribution in [1.29, 1.82) is 0 Å². The number of hydrogen-bond donors (Lipinski definition) is 1. The summed E-state index contributed by atoms with van der Waals surface area (Å²) in [5.74, 6) is 0.771. The molecule has 2 heterocycles. The average molecular weight is 190 g/mol. The lowest BCUT2D eigenvalue weighted by atomic mass is 10.5. The fourth-order valence-electron chi connectivity index (χ4n) is 1.04. The molecule has 0 atom stereocenters. The Bertz CT molecular complexity index is 357. The first kappa shape index (κ1) is 8.61. The third-order valence-corrected chi connectivity index (χ3v) is 1.69. The molecule has 2 rings (SSSR count). The third-order valence-electron chi connectivity index (χ3n) is 1.69. The lowest BCUT2D eigenvalue weighted by Crippen LogP contribution is -2.11. The molecule has 0 aliphatic carbocycles. The maximum Gasteiger partial charge on any atom is 0.148 e. The zero-order valence-corrected chi connectivity index (χ0v) is 7.54. The highest BCUT2D eigenvalue weighted by molar-refractivity contribution is 5.30. The molecule has 0 saturated heterocycles. The molecule has 0 radical (unpaired) electrons. The van der Waals surface area contributed by atoms with Crippen LogP contribution in [0.5, 0.6) is 0 Å². The van der Waals surface area contributed by atoms with Crippen molar-refractivity contribution in [1.82, 2.24) is 25.0 Å². The van der Waals surface area contributed by atoms with Crippen LogP contribution in [0.25, 0.3) is 0 Å². The minimum absolute atomic E-state index is 0.752. The van der Waals surface area contributed by atoms with Crippen LogP contribution in [0.1, 0.15) is 0 Å². The number of nitrogens with zero attached hydrogens (tertiary/aromatic N) is 5. The first-order chi connectivity index (χ1) is 6.95. The summed E-state index contributed by atoms with van der Waals surface area (Å²) in [6, 6.07) is 3.71. The lowest BCUT2D eigenvalue weighted by Gasteiger charge is -2.03. The highest BCUT2D eigenvalue weighted by atomic mass is 15.3. The van der Waals surface area contributed by atoms with Gasteiger partial charge in [-0.15, -0.1) is 5.10 Å². The van der Waals surface area contributed by atoms with Crippen LogP contribution in [0.15, 0.2) is 31.0 Å². The van der Waals surface area contributed by atoms with Crippen molar-refractivity contribution >= 4 is 5.82 Å². The van der Waals surface area contributed by atoms with Crippen LogP contribution in [0.4, 0.5) is 5.82 Å². The topological polar surface area (TPSA) is 68.5 Å². The molecule has 6 heteroatoms. The highest BCUT2D eigenvalue weighted by Crippen LogP contribution is 1.96. The van der Waals surface area contributed by atoms with Crippen molar-refractivity contribution in [3.05, 3.63) is 31.0 Å². The normalized spacial score (nSPS) is 10.0. The van der Waals surface area contributed by atoms with E-state index >= 15 is 0 Å². The molecule has 0 unspecified atom stereocenters. The molecule has 1 N–H and O–H groups in total. The zero-order chi connectivity index (χ0) is 9.64. The molecule has 2 aromatic heterocycles. The van der Waals surface area contributed by atoms with Crippen LogP contribution in [-0.4, -0.2) is 31.5 Å². The number of nitrogens with one attached hydrogen (secondary N) is 1. The van der Waals surface area contributed by atoms with Crippen molar-refractivity contribution in [3.8, 4) is 0 Å². The van der Waals surface area contributed by atoms with Crippen molar-refractivity contribution in [2.75, 3.05) is 11.9 Å². The van der Waals surface area contributed by atoms with E-state index in [1.807, 2.05) is 12.1 Å². The highest BCUT2D eigenvalue weighted by Gasteiger charge is 1.93. The SMILES string of the molecule is c1cnnc(NCCn2cncn2)c1. The van der Waals surface area contributed by atoms with Crippen molar-refractivity contribution in [2.24, 2.45) is 0 Å². The summed E-state index contributed by atoms with van der Waals surface area (Å²) in [5.41, 5.74) is 0. The van der Waals surface area contributed by atoms with Gasteiger partial charge in [0.05, 0.1) is 6.54 Å². The smallest absolute Gasteiger partial charge is 0.148 e. The maximum atomic E-state index is 3.98. The predicted molar refractivity (Wildman–Crippen MR) is 50.5 cm³/mol. The summed E-state index contributed by atoms with van der Waals surface area (Å²) in [4.78, 5) is 3.84. The van der Waals surface area contributed by atoms with E-state index in [-0.39, 0.29) is 0 Å². The molecule has 0 saturated carbocycles. The molecule has 0 aromatic carbocycles. The van der Waals surface area contributed by atoms with Gasteiger partial charge >= 0.3 is 0 Å². The molecule has 72 valence electrons. The van der Waals surface area contributed by atoms with E-state index in [0.717, 1.165) is 18.9 Å². The van der Waals surface area contributed by atoms with Crippen molar-refractivity contribution in [3.63, 3.8) is 0 Å². The Morgan fingerprint density at radius 3 is 3.14 bits per heavy atom. The Morgan fingerprint density at radius 2 is 2.43 bits per heavy atom. The fourth-order valence-corrected chi connectivity index (χ4v) is 1.04. The Labute approximate surface area is 81.0 Å². The van der Waals surface area contributed by atoms with Gasteiger partial charge in [-0.25, -0.2) is 4.98 Å². The Balaban J connectivity index is 1.79. The van der Waals surface area contributed by atoms with Crippen LogP contribution in [0.3, 0.4) is 0 Å². The average Bonchev–Trinajstić information content (AvgIpc) is 2.72. The van der Waals surface area contributed by atoms with Crippen LogP contribution in [-0.2, 0) is 6.54 Å². The first-order valence-corrected chi connectivity index (χ1v) is 4.29.